The largest absolute Gasteiger partial charge is 0.462 e. The molecule has 0 aromatic heterocycles. The molecule has 6 nitrogen and oxygen atoms in total. The molecular weight excluding hydrogens is 877 g/mol. The maximum atomic E-state index is 12.9. The summed E-state index contributed by atoms with van der Waals surface area (Å²) in [5, 5.41) is 0. The summed E-state index contributed by atoms with van der Waals surface area (Å²) in [6.45, 7) is 6.54. The van der Waals surface area contributed by atoms with Crippen molar-refractivity contribution < 1.29 is 28.6 Å². The Morgan fingerprint density at radius 3 is 1.00 bits per heavy atom. The molecule has 0 bridgehead atoms. The Bertz CT molecular complexity index is 1410. The summed E-state index contributed by atoms with van der Waals surface area (Å²) in [6, 6.07) is 0. The number of unbranched alkanes of at least 4 members (excludes halogenated alkanes) is 28. The number of esters is 3. The van der Waals surface area contributed by atoms with Gasteiger partial charge in [-0.2, -0.15) is 0 Å². The lowest BCUT2D eigenvalue weighted by molar-refractivity contribution is -0.167. The van der Waals surface area contributed by atoms with Crippen LogP contribution in [0.15, 0.2) is 97.2 Å². The highest BCUT2D eigenvalue weighted by atomic mass is 16.6. The molecule has 0 aromatic carbocycles. The average molecular weight is 988 g/mol. The zero-order valence-corrected chi connectivity index (χ0v) is 46.5. The van der Waals surface area contributed by atoms with E-state index in [2.05, 4.69) is 118 Å². The maximum Gasteiger partial charge on any atom is 0.306 e. The quantitative estimate of drug-likeness (QED) is 0.0199. The summed E-state index contributed by atoms with van der Waals surface area (Å²) in [4.78, 5) is 38.2. The average Bonchev–Trinajstić information content (AvgIpc) is 3.37. The molecule has 1 atom stereocenters. The lowest BCUT2D eigenvalue weighted by atomic mass is 10.1. The molecule has 0 heterocycles. The molecule has 0 saturated heterocycles. The Kier molecular flexibility index (Phi) is 55.9. The first-order chi connectivity index (χ1) is 35.0. The molecule has 71 heavy (non-hydrogen) atoms. The monoisotopic (exact) mass is 987 g/mol. The summed E-state index contributed by atoms with van der Waals surface area (Å²) in [5.74, 6) is -0.988. The van der Waals surface area contributed by atoms with Gasteiger partial charge in [0.1, 0.15) is 13.2 Å². The Morgan fingerprint density at radius 1 is 0.296 bits per heavy atom. The van der Waals surface area contributed by atoms with Gasteiger partial charge in [-0.05, 0) is 109 Å². The molecule has 0 aliphatic heterocycles. The Labute approximate surface area is 438 Å². The van der Waals surface area contributed by atoms with E-state index in [1.54, 1.807) is 0 Å². The van der Waals surface area contributed by atoms with Gasteiger partial charge >= 0.3 is 17.9 Å². The highest BCUT2D eigenvalue weighted by Gasteiger charge is 2.19. The molecule has 0 N–H and O–H groups in total. The minimum atomic E-state index is -0.814. The predicted octanol–water partition coefficient (Wildman–Crippen LogP) is 20.1. The van der Waals surface area contributed by atoms with Crippen LogP contribution in [0.4, 0.5) is 0 Å². The number of carbonyl (C=O) groups is 3. The van der Waals surface area contributed by atoms with Crippen molar-refractivity contribution in [1.29, 1.82) is 0 Å². The summed E-state index contributed by atoms with van der Waals surface area (Å²) in [5.41, 5.74) is 0. The van der Waals surface area contributed by atoms with Crippen LogP contribution >= 0.6 is 0 Å². The van der Waals surface area contributed by atoms with E-state index < -0.39 is 6.10 Å². The lowest BCUT2D eigenvalue weighted by Crippen LogP contribution is -2.30. The van der Waals surface area contributed by atoms with Crippen LogP contribution in [-0.2, 0) is 28.6 Å². The van der Waals surface area contributed by atoms with Crippen molar-refractivity contribution in [3.8, 4) is 0 Å². The van der Waals surface area contributed by atoms with Crippen LogP contribution in [0.2, 0.25) is 0 Å². The van der Waals surface area contributed by atoms with Gasteiger partial charge in [0.2, 0.25) is 0 Å². The van der Waals surface area contributed by atoms with Gasteiger partial charge in [0.15, 0.2) is 6.10 Å². The minimum absolute atomic E-state index is 0.109. The first kappa shape index (κ1) is 67.3. The van der Waals surface area contributed by atoms with Crippen molar-refractivity contribution in [2.45, 2.75) is 284 Å². The fraction of sp³-hybridized carbons (Fsp3) is 0.708. The van der Waals surface area contributed by atoms with Crippen LogP contribution in [0.1, 0.15) is 278 Å². The van der Waals surface area contributed by atoms with Crippen LogP contribution in [0.3, 0.4) is 0 Å². The molecule has 0 radical (unpaired) electrons. The molecule has 0 aliphatic rings. The first-order valence-electron chi connectivity index (χ1n) is 29.8. The summed E-state index contributed by atoms with van der Waals surface area (Å²) >= 11 is 0. The predicted molar refractivity (Wildman–Crippen MR) is 307 cm³/mol. The van der Waals surface area contributed by atoms with Crippen molar-refractivity contribution in [3.63, 3.8) is 0 Å². The minimum Gasteiger partial charge on any atom is -0.462 e. The van der Waals surface area contributed by atoms with Crippen molar-refractivity contribution in [2.24, 2.45) is 0 Å². The standard InChI is InChI=1S/C65H110O6/c1-4-7-10-13-16-19-22-25-28-31-34-37-40-43-46-49-52-55-58-64(67)70-61-62(60-69-63(66)57-54-51-48-45-42-39-36-33-30-27-24-21-18-15-12-9-6-3)71-65(68)59-56-53-50-47-44-41-38-35-32-29-26-23-20-17-14-11-8-5-2/h18,21-22,25,27-28,30-31,34-39,45,48,62H,4-17,19-20,23-24,26,29,32-33,40-44,46-47,49-61H2,1-3H3/b21-18-,25-22-,30-27-,31-28-,37-34-,38-35-,39-36-,48-45-. The summed E-state index contributed by atoms with van der Waals surface area (Å²) in [7, 11) is 0. The van der Waals surface area contributed by atoms with Crippen LogP contribution < -0.4 is 0 Å². The molecular formula is C65H110O6. The Balaban J connectivity index is 4.52. The molecule has 1 unspecified atom stereocenters. The van der Waals surface area contributed by atoms with Gasteiger partial charge in [0.05, 0.1) is 0 Å². The number of ether oxygens (including phenoxy) is 3. The lowest BCUT2D eigenvalue weighted by Gasteiger charge is -2.18. The van der Waals surface area contributed by atoms with Crippen molar-refractivity contribution >= 4 is 17.9 Å². The van der Waals surface area contributed by atoms with Crippen molar-refractivity contribution in [1.82, 2.24) is 0 Å². The van der Waals surface area contributed by atoms with Gasteiger partial charge in [0.25, 0.3) is 0 Å². The van der Waals surface area contributed by atoms with Gasteiger partial charge in [-0.15, -0.1) is 0 Å². The zero-order chi connectivity index (χ0) is 51.4. The van der Waals surface area contributed by atoms with Crippen molar-refractivity contribution in [2.75, 3.05) is 13.2 Å². The number of carbonyl (C=O) groups excluding carboxylic acids is 3. The highest BCUT2D eigenvalue weighted by molar-refractivity contribution is 5.71. The molecule has 0 aliphatic carbocycles. The number of hydrogen-bond donors (Lipinski definition) is 0. The first-order valence-corrected chi connectivity index (χ1v) is 29.8. The van der Waals surface area contributed by atoms with Gasteiger partial charge in [-0.1, -0.05) is 246 Å². The molecule has 6 heteroatoms. The van der Waals surface area contributed by atoms with Gasteiger partial charge in [-0.25, -0.2) is 0 Å². The van der Waals surface area contributed by atoms with Gasteiger partial charge in [-0.3, -0.25) is 14.4 Å². The molecule has 0 saturated carbocycles. The van der Waals surface area contributed by atoms with Crippen LogP contribution in [-0.4, -0.2) is 37.2 Å². The van der Waals surface area contributed by atoms with E-state index in [9.17, 15) is 14.4 Å². The van der Waals surface area contributed by atoms with Crippen LogP contribution in [0.25, 0.3) is 0 Å². The molecule has 0 rings (SSSR count). The topological polar surface area (TPSA) is 78.9 Å². The van der Waals surface area contributed by atoms with E-state index in [1.165, 1.54) is 128 Å². The van der Waals surface area contributed by atoms with Crippen LogP contribution in [0.5, 0.6) is 0 Å². The van der Waals surface area contributed by atoms with Gasteiger partial charge in [0, 0.05) is 19.3 Å². The molecule has 0 aromatic rings. The second-order valence-corrected chi connectivity index (χ2v) is 19.6. The highest BCUT2D eigenvalue weighted by Crippen LogP contribution is 2.14. The molecule has 0 fully saturated rings. The van der Waals surface area contributed by atoms with E-state index in [0.29, 0.717) is 19.3 Å². The third-order valence-electron chi connectivity index (χ3n) is 12.6. The van der Waals surface area contributed by atoms with E-state index in [-0.39, 0.29) is 37.5 Å². The summed E-state index contributed by atoms with van der Waals surface area (Å²) < 4.78 is 16.8. The second-order valence-electron chi connectivity index (χ2n) is 19.6. The Morgan fingerprint density at radius 2 is 0.577 bits per heavy atom. The number of hydrogen-bond acceptors (Lipinski definition) is 6. The SMILES string of the molecule is CCCCC/C=C\C/C=C\C/C=C\C/C=C\CCCC(=O)OCC(COC(=O)CCCCCCC\C=C/C=C\C=C/CCCCCCC)OC(=O)CCCCCCC/C=C\CCCCCCCCCCC. The molecule has 0 spiro atoms. The normalized spacial score (nSPS) is 12.8. The Hall–Kier alpha value is -3.67. The fourth-order valence-corrected chi connectivity index (χ4v) is 8.08. The van der Waals surface area contributed by atoms with Crippen molar-refractivity contribution in [3.05, 3.63) is 97.2 Å². The molecule has 406 valence electrons. The number of allylic oxidation sites excluding steroid dienone is 16. The van der Waals surface area contributed by atoms with E-state index in [4.69, 9.17) is 14.2 Å². The fourth-order valence-electron chi connectivity index (χ4n) is 8.08. The second kappa shape index (κ2) is 58.9. The van der Waals surface area contributed by atoms with E-state index >= 15 is 0 Å². The third-order valence-corrected chi connectivity index (χ3v) is 12.6. The number of rotatable bonds is 53. The molecule has 0 amide bonds. The van der Waals surface area contributed by atoms with E-state index in [0.717, 1.165) is 103 Å². The maximum absolute atomic E-state index is 12.9. The smallest absolute Gasteiger partial charge is 0.306 e. The summed E-state index contributed by atoms with van der Waals surface area (Å²) in [6.07, 6.45) is 78.3. The van der Waals surface area contributed by atoms with Crippen LogP contribution in [0, 0.1) is 0 Å². The van der Waals surface area contributed by atoms with E-state index in [1.807, 2.05) is 0 Å². The zero-order valence-electron chi connectivity index (χ0n) is 46.5. The third kappa shape index (κ3) is 57.1. The van der Waals surface area contributed by atoms with Gasteiger partial charge < -0.3 is 14.2 Å².